The lowest BCUT2D eigenvalue weighted by atomic mass is 9.98. The molecular formula is C27H34N4O6. The molecule has 37 heavy (non-hydrogen) atoms. The van der Waals surface area contributed by atoms with Gasteiger partial charge in [-0.3, -0.25) is 14.5 Å². The van der Waals surface area contributed by atoms with E-state index < -0.39 is 35.8 Å². The van der Waals surface area contributed by atoms with E-state index in [2.05, 4.69) is 17.2 Å². The quantitative estimate of drug-likeness (QED) is 0.420. The molecule has 1 aliphatic rings. The highest BCUT2D eigenvalue weighted by Crippen LogP contribution is 2.25. The summed E-state index contributed by atoms with van der Waals surface area (Å²) in [6.07, 6.45) is -0.738. The minimum absolute atomic E-state index is 0.000625. The normalized spacial score (nSPS) is 17.4. The Kier molecular flexibility index (Phi) is 9.62. The van der Waals surface area contributed by atoms with Gasteiger partial charge < -0.3 is 9.47 Å². The minimum atomic E-state index is -0.840. The van der Waals surface area contributed by atoms with Crippen molar-refractivity contribution in [2.75, 3.05) is 6.54 Å². The molecule has 1 fully saturated rings. The molecule has 2 aromatic rings. The van der Waals surface area contributed by atoms with Crippen LogP contribution in [0, 0.1) is 0 Å². The van der Waals surface area contributed by atoms with Gasteiger partial charge in [-0.25, -0.2) is 15.0 Å². The molecule has 1 aliphatic heterocycles. The fraction of sp³-hybridized carbons (Fsp3) is 0.407. The second-order valence-corrected chi connectivity index (χ2v) is 9.64. The van der Waals surface area contributed by atoms with Crippen LogP contribution in [-0.2, 0) is 32.3 Å². The fourth-order valence-electron chi connectivity index (χ4n) is 3.90. The Hall–Kier alpha value is -3.92. The summed E-state index contributed by atoms with van der Waals surface area (Å²) in [6.45, 7) is 8.68. The van der Waals surface area contributed by atoms with Gasteiger partial charge in [0.25, 0.3) is 5.91 Å². The lowest BCUT2D eigenvalue weighted by Gasteiger charge is -2.41. The number of hydrogen-bond acceptors (Lipinski definition) is 7. The molecule has 0 saturated carbocycles. The van der Waals surface area contributed by atoms with Gasteiger partial charge in [0.2, 0.25) is 0 Å². The summed E-state index contributed by atoms with van der Waals surface area (Å²) in [5, 5.41) is 4.60. The van der Waals surface area contributed by atoms with Crippen LogP contribution in [0.25, 0.3) is 0 Å². The van der Waals surface area contributed by atoms with Gasteiger partial charge in [-0.15, -0.1) is 0 Å². The minimum Gasteiger partial charge on any atom is -0.444 e. The third kappa shape index (κ3) is 8.32. The van der Waals surface area contributed by atoms with E-state index in [1.54, 1.807) is 20.8 Å². The maximum Gasteiger partial charge on any atom is 0.434 e. The summed E-state index contributed by atoms with van der Waals surface area (Å²) in [5.74, 6) is -0.484. The van der Waals surface area contributed by atoms with Gasteiger partial charge in [-0.05, 0) is 44.7 Å². The third-order valence-corrected chi connectivity index (χ3v) is 5.61. The molecule has 0 aliphatic carbocycles. The first-order valence-corrected chi connectivity index (χ1v) is 12.1. The highest BCUT2D eigenvalue weighted by atomic mass is 16.7. The van der Waals surface area contributed by atoms with E-state index in [1.165, 1.54) is 4.90 Å². The highest BCUT2D eigenvalue weighted by Gasteiger charge is 2.42. The second-order valence-electron chi connectivity index (χ2n) is 9.64. The van der Waals surface area contributed by atoms with E-state index in [0.717, 1.165) is 16.2 Å². The van der Waals surface area contributed by atoms with Crippen molar-refractivity contribution in [3.05, 3.63) is 71.8 Å². The molecule has 1 N–H and O–H groups in total. The standard InChI is InChI=1S/C27H34N4O6/c1-27(2,3)37-25(33)30-17-22(15-16-23(30)24(32)29-28-4)31(36-19-21-13-9-6-10-14-21)26(34)35-18-20-11-7-5-8-12-20/h5-14,22-23H,4,15-19H2,1-3H3,(H,29,32)/t22-,23+/m0/s1. The van der Waals surface area contributed by atoms with Gasteiger partial charge in [0.1, 0.15) is 24.9 Å². The molecule has 0 radical (unpaired) electrons. The van der Waals surface area contributed by atoms with Gasteiger partial charge in [0.05, 0.1) is 6.04 Å². The molecular weight excluding hydrogens is 476 g/mol. The van der Waals surface area contributed by atoms with Crippen LogP contribution in [0.15, 0.2) is 65.8 Å². The summed E-state index contributed by atoms with van der Waals surface area (Å²) in [5.41, 5.74) is 3.21. The lowest BCUT2D eigenvalue weighted by Crippen LogP contribution is -2.59. The van der Waals surface area contributed by atoms with E-state index in [1.807, 2.05) is 60.7 Å². The number of hydrogen-bond donors (Lipinski definition) is 1. The molecule has 0 spiro atoms. The number of nitrogens with zero attached hydrogens (tertiary/aromatic N) is 3. The number of ether oxygens (including phenoxy) is 2. The molecule has 10 heteroatoms. The molecule has 1 heterocycles. The molecule has 0 aromatic heterocycles. The van der Waals surface area contributed by atoms with Gasteiger partial charge in [-0.2, -0.15) is 10.2 Å². The second kappa shape index (κ2) is 12.9. The smallest absolute Gasteiger partial charge is 0.434 e. The molecule has 1 saturated heterocycles. The number of nitrogens with one attached hydrogen (secondary N) is 1. The summed E-state index contributed by atoms with van der Waals surface area (Å²) in [7, 11) is 0. The third-order valence-electron chi connectivity index (χ3n) is 5.61. The van der Waals surface area contributed by atoms with E-state index in [0.29, 0.717) is 6.42 Å². The van der Waals surface area contributed by atoms with Crippen LogP contribution in [0.5, 0.6) is 0 Å². The summed E-state index contributed by atoms with van der Waals surface area (Å²) >= 11 is 0. The number of hydroxylamine groups is 2. The molecule has 2 atom stereocenters. The number of piperidine rings is 1. The number of carbonyl (C=O) groups is 3. The van der Waals surface area contributed by atoms with Crippen LogP contribution in [0.3, 0.4) is 0 Å². The number of likely N-dealkylation sites (tertiary alicyclic amines) is 1. The number of benzene rings is 2. The number of amides is 3. The fourth-order valence-corrected chi connectivity index (χ4v) is 3.90. The SMILES string of the molecule is C=NNC(=O)[C@H]1CC[C@H](N(OCc2ccccc2)C(=O)OCc2ccccc2)CN1C(=O)OC(C)(C)C. The van der Waals surface area contributed by atoms with Gasteiger partial charge in [0.15, 0.2) is 0 Å². The average Bonchev–Trinajstić information content (AvgIpc) is 2.88. The van der Waals surface area contributed by atoms with Gasteiger partial charge >= 0.3 is 12.2 Å². The van der Waals surface area contributed by atoms with Crippen molar-refractivity contribution in [3.8, 4) is 0 Å². The first-order chi connectivity index (χ1) is 17.7. The zero-order chi connectivity index (χ0) is 26.8. The summed E-state index contributed by atoms with van der Waals surface area (Å²) in [4.78, 5) is 46.1. The largest absolute Gasteiger partial charge is 0.444 e. The monoisotopic (exact) mass is 510 g/mol. The number of rotatable bonds is 8. The summed E-state index contributed by atoms with van der Waals surface area (Å²) in [6, 6.07) is 17.3. The zero-order valence-electron chi connectivity index (χ0n) is 21.5. The van der Waals surface area contributed by atoms with Crippen LogP contribution in [0.1, 0.15) is 44.7 Å². The van der Waals surface area contributed by atoms with Crippen LogP contribution in [0.2, 0.25) is 0 Å². The van der Waals surface area contributed by atoms with Crippen molar-refractivity contribution in [3.63, 3.8) is 0 Å². The first kappa shape index (κ1) is 27.7. The van der Waals surface area contributed by atoms with Crippen LogP contribution >= 0.6 is 0 Å². The molecule has 3 amide bonds. The predicted octanol–water partition coefficient (Wildman–Crippen LogP) is 4.26. The molecule has 0 unspecified atom stereocenters. The van der Waals surface area contributed by atoms with E-state index in [-0.39, 0.29) is 26.2 Å². The van der Waals surface area contributed by atoms with Crippen molar-refractivity contribution < 1.29 is 28.7 Å². The maximum atomic E-state index is 13.2. The van der Waals surface area contributed by atoms with Crippen molar-refractivity contribution in [2.24, 2.45) is 5.10 Å². The van der Waals surface area contributed by atoms with E-state index >= 15 is 0 Å². The Morgan fingerprint density at radius 1 is 1.00 bits per heavy atom. The van der Waals surface area contributed by atoms with E-state index in [4.69, 9.17) is 14.3 Å². The van der Waals surface area contributed by atoms with Crippen molar-refractivity contribution in [1.82, 2.24) is 15.4 Å². The maximum absolute atomic E-state index is 13.2. The predicted molar refractivity (Wildman–Crippen MR) is 137 cm³/mol. The molecule has 2 aromatic carbocycles. The zero-order valence-corrected chi connectivity index (χ0v) is 21.5. The Labute approximate surface area is 217 Å². The molecule has 198 valence electrons. The Morgan fingerprint density at radius 3 is 2.16 bits per heavy atom. The van der Waals surface area contributed by atoms with Crippen LogP contribution in [0.4, 0.5) is 9.59 Å². The van der Waals surface area contributed by atoms with Crippen molar-refractivity contribution in [1.29, 1.82) is 0 Å². The van der Waals surface area contributed by atoms with E-state index in [9.17, 15) is 14.4 Å². The first-order valence-electron chi connectivity index (χ1n) is 12.1. The van der Waals surface area contributed by atoms with Crippen LogP contribution < -0.4 is 5.43 Å². The van der Waals surface area contributed by atoms with Gasteiger partial charge in [-0.1, -0.05) is 60.7 Å². The number of hydrazone groups is 1. The Balaban J connectivity index is 1.80. The molecule has 0 bridgehead atoms. The molecule has 10 nitrogen and oxygen atoms in total. The van der Waals surface area contributed by atoms with Crippen molar-refractivity contribution in [2.45, 2.75) is 64.5 Å². The lowest BCUT2D eigenvalue weighted by molar-refractivity contribution is -0.183. The molecule has 3 rings (SSSR count). The van der Waals surface area contributed by atoms with Crippen LogP contribution in [-0.4, -0.2) is 59.0 Å². The number of carbonyl (C=O) groups excluding carboxylic acids is 3. The Bertz CT molecular complexity index is 1060. The van der Waals surface area contributed by atoms with Gasteiger partial charge in [0, 0.05) is 13.3 Å². The topological polar surface area (TPSA) is 110 Å². The van der Waals surface area contributed by atoms with Crippen molar-refractivity contribution >= 4 is 24.8 Å². The Morgan fingerprint density at radius 2 is 1.59 bits per heavy atom. The highest BCUT2D eigenvalue weighted by molar-refractivity contribution is 5.86. The summed E-state index contributed by atoms with van der Waals surface area (Å²) < 4.78 is 11.1. The average molecular weight is 511 g/mol.